The summed E-state index contributed by atoms with van der Waals surface area (Å²) >= 11 is 0. The first kappa shape index (κ1) is 19.9. The van der Waals surface area contributed by atoms with Gasteiger partial charge < -0.3 is 15.8 Å². The van der Waals surface area contributed by atoms with Crippen LogP contribution in [0, 0.1) is 5.82 Å². The lowest BCUT2D eigenvalue weighted by molar-refractivity contribution is 0.0462. The van der Waals surface area contributed by atoms with Gasteiger partial charge in [-0.2, -0.15) is 15.0 Å². The molecule has 10 nitrogen and oxygen atoms in total. The van der Waals surface area contributed by atoms with Crippen LogP contribution in [0.15, 0.2) is 42.5 Å². The Balaban J connectivity index is 1.46. The summed E-state index contributed by atoms with van der Waals surface area (Å²) in [4.78, 5) is 49.4. The monoisotopic (exact) mass is 422 g/mol. The van der Waals surface area contributed by atoms with Crippen molar-refractivity contribution in [3.63, 3.8) is 0 Å². The van der Waals surface area contributed by atoms with Gasteiger partial charge in [0, 0.05) is 12.7 Å². The standard InChI is InChI=1S/C20H15FN6O4/c1-27-16(28)13-7-2-10(8-14(13)17(27)29)18(30)31-9-15-24-19(22)26-20(25-15)23-12-5-3-11(21)4-6-12/h2-8H,9H2,1H3,(H3,22,23,24,25,26). The van der Waals surface area contributed by atoms with Crippen LogP contribution in [-0.4, -0.2) is 44.7 Å². The number of rotatable bonds is 5. The number of fused-ring (bicyclic) bond motifs is 1. The molecule has 11 heteroatoms. The molecule has 3 N–H and O–H groups in total. The van der Waals surface area contributed by atoms with Gasteiger partial charge in [0.2, 0.25) is 11.9 Å². The summed E-state index contributed by atoms with van der Waals surface area (Å²) in [6.45, 7) is -0.312. The largest absolute Gasteiger partial charge is 0.454 e. The number of esters is 1. The minimum atomic E-state index is -0.732. The van der Waals surface area contributed by atoms with Gasteiger partial charge in [-0.15, -0.1) is 0 Å². The highest BCUT2D eigenvalue weighted by molar-refractivity contribution is 6.21. The summed E-state index contributed by atoms with van der Waals surface area (Å²) < 4.78 is 18.2. The van der Waals surface area contributed by atoms with Gasteiger partial charge in [-0.1, -0.05) is 0 Å². The van der Waals surface area contributed by atoms with E-state index in [9.17, 15) is 18.8 Å². The number of carbonyl (C=O) groups is 3. The molecule has 1 aliphatic rings. The minimum Gasteiger partial charge on any atom is -0.454 e. The van der Waals surface area contributed by atoms with E-state index < -0.39 is 23.6 Å². The van der Waals surface area contributed by atoms with Crippen LogP contribution in [0.4, 0.5) is 22.0 Å². The van der Waals surface area contributed by atoms with E-state index >= 15 is 0 Å². The Kier molecular flexibility index (Phi) is 4.99. The molecular formula is C20H15FN6O4. The maximum absolute atomic E-state index is 13.0. The summed E-state index contributed by atoms with van der Waals surface area (Å²) in [5, 5.41) is 2.85. The maximum Gasteiger partial charge on any atom is 0.338 e. The van der Waals surface area contributed by atoms with Gasteiger partial charge in [-0.05, 0) is 42.5 Å². The molecule has 2 aromatic carbocycles. The fourth-order valence-electron chi connectivity index (χ4n) is 2.92. The zero-order valence-electron chi connectivity index (χ0n) is 16.1. The fraction of sp³-hybridized carbons (Fsp3) is 0.100. The summed E-state index contributed by atoms with van der Waals surface area (Å²) in [6.07, 6.45) is 0. The molecule has 0 saturated heterocycles. The number of anilines is 3. The van der Waals surface area contributed by atoms with Crippen molar-refractivity contribution < 1.29 is 23.5 Å². The van der Waals surface area contributed by atoms with Gasteiger partial charge in [-0.3, -0.25) is 14.5 Å². The highest BCUT2D eigenvalue weighted by atomic mass is 19.1. The minimum absolute atomic E-state index is 0.0811. The second-order valence-electron chi connectivity index (χ2n) is 6.57. The number of carbonyl (C=O) groups excluding carboxylic acids is 3. The Morgan fingerprint density at radius 1 is 1.06 bits per heavy atom. The molecule has 4 rings (SSSR count). The SMILES string of the molecule is CN1C(=O)c2ccc(C(=O)OCc3nc(N)nc(Nc4ccc(F)cc4)n3)cc2C1=O. The number of nitrogens with two attached hydrogens (primary N) is 1. The number of nitrogens with zero attached hydrogens (tertiary/aromatic N) is 4. The van der Waals surface area contributed by atoms with Gasteiger partial charge >= 0.3 is 5.97 Å². The average molecular weight is 422 g/mol. The van der Waals surface area contributed by atoms with E-state index in [1.165, 1.54) is 49.5 Å². The molecular weight excluding hydrogens is 407 g/mol. The number of nitrogens with one attached hydrogen (secondary N) is 1. The zero-order valence-corrected chi connectivity index (χ0v) is 16.1. The van der Waals surface area contributed by atoms with Crippen molar-refractivity contribution in [3.05, 3.63) is 70.8 Å². The van der Waals surface area contributed by atoms with Crippen LogP contribution in [0.5, 0.6) is 0 Å². The average Bonchev–Trinajstić information content (AvgIpc) is 2.97. The maximum atomic E-state index is 13.0. The second-order valence-corrected chi connectivity index (χ2v) is 6.57. The van der Waals surface area contributed by atoms with E-state index in [-0.39, 0.29) is 41.0 Å². The molecule has 0 unspecified atom stereocenters. The number of amides is 2. The predicted molar refractivity (Wildman–Crippen MR) is 106 cm³/mol. The Bertz CT molecular complexity index is 1210. The number of hydrogen-bond acceptors (Lipinski definition) is 9. The van der Waals surface area contributed by atoms with Crippen molar-refractivity contribution in [2.45, 2.75) is 6.61 Å². The molecule has 0 fully saturated rings. The summed E-state index contributed by atoms with van der Waals surface area (Å²) in [7, 11) is 1.37. The zero-order chi connectivity index (χ0) is 22.1. The van der Waals surface area contributed by atoms with E-state index in [1.807, 2.05) is 0 Å². The topological polar surface area (TPSA) is 140 Å². The van der Waals surface area contributed by atoms with Gasteiger partial charge in [0.15, 0.2) is 12.4 Å². The van der Waals surface area contributed by atoms with Crippen molar-refractivity contribution in [2.24, 2.45) is 0 Å². The molecule has 156 valence electrons. The van der Waals surface area contributed by atoms with Crippen LogP contribution >= 0.6 is 0 Å². The summed E-state index contributed by atoms with van der Waals surface area (Å²) in [6, 6.07) is 9.63. The van der Waals surface area contributed by atoms with Crippen LogP contribution in [0.25, 0.3) is 0 Å². The number of nitrogen functional groups attached to an aromatic ring is 1. The number of aromatic nitrogens is 3. The van der Waals surface area contributed by atoms with E-state index in [0.717, 1.165) is 4.90 Å². The van der Waals surface area contributed by atoms with E-state index in [0.29, 0.717) is 5.69 Å². The lowest BCUT2D eigenvalue weighted by Gasteiger charge is -2.08. The van der Waals surface area contributed by atoms with Gasteiger partial charge in [0.25, 0.3) is 11.8 Å². The predicted octanol–water partition coefficient (Wildman–Crippen LogP) is 1.92. The highest BCUT2D eigenvalue weighted by Crippen LogP contribution is 2.23. The lowest BCUT2D eigenvalue weighted by Crippen LogP contribution is -2.24. The first-order chi connectivity index (χ1) is 14.8. The van der Waals surface area contributed by atoms with Gasteiger partial charge in [-0.25, -0.2) is 9.18 Å². The van der Waals surface area contributed by atoms with Crippen molar-refractivity contribution >= 4 is 35.4 Å². The molecule has 3 aromatic rings. The Morgan fingerprint density at radius 3 is 2.52 bits per heavy atom. The van der Waals surface area contributed by atoms with E-state index in [4.69, 9.17) is 10.5 Å². The number of benzene rings is 2. The number of ether oxygens (including phenoxy) is 1. The molecule has 0 bridgehead atoms. The Morgan fingerprint density at radius 2 is 1.77 bits per heavy atom. The van der Waals surface area contributed by atoms with Crippen LogP contribution in [-0.2, 0) is 11.3 Å². The molecule has 0 atom stereocenters. The fourth-order valence-corrected chi connectivity index (χ4v) is 2.92. The van der Waals surface area contributed by atoms with Gasteiger partial charge in [0.1, 0.15) is 5.82 Å². The molecule has 0 radical (unpaired) electrons. The molecule has 1 aromatic heterocycles. The third-order valence-corrected chi connectivity index (χ3v) is 4.46. The van der Waals surface area contributed by atoms with Crippen LogP contribution < -0.4 is 11.1 Å². The van der Waals surface area contributed by atoms with Crippen molar-refractivity contribution in [2.75, 3.05) is 18.1 Å². The number of imide groups is 1. The molecule has 2 amide bonds. The lowest BCUT2D eigenvalue weighted by atomic mass is 10.1. The Hall–Kier alpha value is -4.41. The Labute approximate surface area is 174 Å². The molecule has 31 heavy (non-hydrogen) atoms. The third-order valence-electron chi connectivity index (χ3n) is 4.46. The van der Waals surface area contributed by atoms with Crippen LogP contribution in [0.1, 0.15) is 36.9 Å². The molecule has 0 spiro atoms. The number of hydrogen-bond donors (Lipinski definition) is 2. The molecule has 0 saturated carbocycles. The number of halogens is 1. The smallest absolute Gasteiger partial charge is 0.338 e. The highest BCUT2D eigenvalue weighted by Gasteiger charge is 2.33. The molecule has 2 heterocycles. The van der Waals surface area contributed by atoms with Crippen LogP contribution in [0.2, 0.25) is 0 Å². The second kappa shape index (κ2) is 7.78. The normalized spacial score (nSPS) is 12.6. The molecule has 1 aliphatic heterocycles. The summed E-state index contributed by atoms with van der Waals surface area (Å²) in [5.74, 6) is -1.97. The van der Waals surface area contributed by atoms with Crippen molar-refractivity contribution in [1.82, 2.24) is 19.9 Å². The summed E-state index contributed by atoms with van der Waals surface area (Å²) in [5.41, 5.74) is 6.67. The van der Waals surface area contributed by atoms with E-state index in [1.54, 1.807) is 0 Å². The third kappa shape index (κ3) is 4.01. The quantitative estimate of drug-likeness (QED) is 0.466. The van der Waals surface area contributed by atoms with Gasteiger partial charge in [0.05, 0.1) is 16.7 Å². The van der Waals surface area contributed by atoms with E-state index in [2.05, 4.69) is 20.3 Å². The van der Waals surface area contributed by atoms with Crippen molar-refractivity contribution in [3.8, 4) is 0 Å². The van der Waals surface area contributed by atoms with Crippen LogP contribution in [0.3, 0.4) is 0 Å². The first-order valence-corrected chi connectivity index (χ1v) is 8.98. The first-order valence-electron chi connectivity index (χ1n) is 8.98. The van der Waals surface area contributed by atoms with Crippen molar-refractivity contribution in [1.29, 1.82) is 0 Å². The molecule has 0 aliphatic carbocycles.